The molecule has 3 rings (SSSR count). The van der Waals surface area contributed by atoms with Crippen LogP contribution in [0.4, 0.5) is 0 Å². The van der Waals surface area contributed by atoms with Gasteiger partial charge in [0, 0.05) is 17.8 Å². The topological polar surface area (TPSA) is 68.7 Å². The van der Waals surface area contributed by atoms with Crippen LogP contribution in [0.25, 0.3) is 11.1 Å². The van der Waals surface area contributed by atoms with Crippen molar-refractivity contribution in [3.05, 3.63) is 78.0 Å². The van der Waals surface area contributed by atoms with Gasteiger partial charge in [-0.2, -0.15) is 0 Å². The van der Waals surface area contributed by atoms with E-state index in [1.165, 1.54) is 13.2 Å². The van der Waals surface area contributed by atoms with Crippen molar-refractivity contribution in [3.8, 4) is 22.8 Å². The van der Waals surface area contributed by atoms with Crippen molar-refractivity contribution in [2.45, 2.75) is 6.61 Å². The summed E-state index contributed by atoms with van der Waals surface area (Å²) in [5.74, 6) is -0.0341. The molecule has 0 amide bonds. The van der Waals surface area contributed by atoms with E-state index < -0.39 is 5.97 Å². The normalized spacial score (nSPS) is 10.3. The Morgan fingerprint density at radius 2 is 1.88 bits per heavy atom. The van der Waals surface area contributed by atoms with Crippen LogP contribution in [0.1, 0.15) is 15.9 Å². The predicted octanol–water partition coefficient (Wildman–Crippen LogP) is 4.03. The number of carboxylic acid groups (broad SMARTS) is 1. The highest BCUT2D eigenvalue weighted by Gasteiger charge is 2.13. The molecular formula is C20H17NO4. The average molecular weight is 335 g/mol. The van der Waals surface area contributed by atoms with Gasteiger partial charge in [0.25, 0.3) is 0 Å². The summed E-state index contributed by atoms with van der Waals surface area (Å²) in [6.45, 7) is 0.427. The fourth-order valence-electron chi connectivity index (χ4n) is 2.44. The Hall–Kier alpha value is -3.34. The van der Waals surface area contributed by atoms with Crippen LogP contribution in [0.2, 0.25) is 0 Å². The van der Waals surface area contributed by atoms with Gasteiger partial charge in [0.15, 0.2) is 0 Å². The molecule has 0 aliphatic carbocycles. The first-order valence-corrected chi connectivity index (χ1v) is 7.72. The van der Waals surface area contributed by atoms with Gasteiger partial charge in [-0.15, -0.1) is 0 Å². The minimum atomic E-state index is -1.02. The highest BCUT2D eigenvalue weighted by molar-refractivity contribution is 5.96. The van der Waals surface area contributed by atoms with Crippen molar-refractivity contribution >= 4 is 5.97 Å². The quantitative estimate of drug-likeness (QED) is 0.736. The first-order chi connectivity index (χ1) is 12.2. The number of benzene rings is 2. The number of ether oxygens (including phenoxy) is 2. The van der Waals surface area contributed by atoms with Crippen LogP contribution in [-0.2, 0) is 6.61 Å². The van der Waals surface area contributed by atoms with Crippen molar-refractivity contribution in [2.75, 3.05) is 7.11 Å². The van der Waals surface area contributed by atoms with Gasteiger partial charge < -0.3 is 14.6 Å². The van der Waals surface area contributed by atoms with Crippen LogP contribution in [0, 0.1) is 0 Å². The molecule has 25 heavy (non-hydrogen) atoms. The van der Waals surface area contributed by atoms with E-state index in [0.29, 0.717) is 29.4 Å². The van der Waals surface area contributed by atoms with Gasteiger partial charge in [0.1, 0.15) is 12.4 Å². The molecule has 0 spiro atoms. The Balaban J connectivity index is 1.79. The molecule has 0 saturated heterocycles. The highest BCUT2D eigenvalue weighted by atomic mass is 16.5. The molecule has 5 nitrogen and oxygen atoms in total. The van der Waals surface area contributed by atoms with E-state index in [1.54, 1.807) is 30.5 Å². The average Bonchev–Trinajstić information content (AvgIpc) is 2.67. The number of nitrogens with zero attached hydrogens (tertiary/aromatic N) is 1. The van der Waals surface area contributed by atoms with Gasteiger partial charge in [0.2, 0.25) is 5.88 Å². The number of pyridine rings is 1. The summed E-state index contributed by atoms with van der Waals surface area (Å²) >= 11 is 0. The summed E-state index contributed by atoms with van der Waals surface area (Å²) in [6.07, 6.45) is 1.61. The van der Waals surface area contributed by atoms with Crippen LogP contribution < -0.4 is 9.47 Å². The molecule has 0 radical (unpaired) electrons. The van der Waals surface area contributed by atoms with Crippen molar-refractivity contribution < 1.29 is 19.4 Å². The maximum Gasteiger partial charge on any atom is 0.336 e. The Morgan fingerprint density at radius 3 is 2.52 bits per heavy atom. The second kappa shape index (κ2) is 7.49. The van der Waals surface area contributed by atoms with E-state index in [4.69, 9.17) is 9.47 Å². The molecule has 126 valence electrons. The Labute approximate surface area is 145 Å². The number of hydrogen-bond acceptors (Lipinski definition) is 4. The van der Waals surface area contributed by atoms with Crippen LogP contribution in [-0.4, -0.2) is 23.2 Å². The molecular weight excluding hydrogens is 318 g/mol. The monoisotopic (exact) mass is 335 g/mol. The highest BCUT2D eigenvalue weighted by Crippen LogP contribution is 2.28. The number of methoxy groups -OCH3 is 1. The maximum absolute atomic E-state index is 11.5. The molecule has 3 aromatic rings. The van der Waals surface area contributed by atoms with Gasteiger partial charge in [-0.3, -0.25) is 0 Å². The first-order valence-electron chi connectivity index (χ1n) is 7.72. The lowest BCUT2D eigenvalue weighted by atomic mass is 10.0. The fourth-order valence-corrected chi connectivity index (χ4v) is 2.44. The van der Waals surface area contributed by atoms with Gasteiger partial charge in [-0.1, -0.05) is 30.3 Å². The molecule has 0 saturated carbocycles. The van der Waals surface area contributed by atoms with Crippen LogP contribution >= 0.6 is 0 Å². The Morgan fingerprint density at radius 1 is 1.08 bits per heavy atom. The molecule has 0 fully saturated rings. The summed E-state index contributed by atoms with van der Waals surface area (Å²) < 4.78 is 10.7. The van der Waals surface area contributed by atoms with Crippen molar-refractivity contribution in [1.29, 1.82) is 0 Å². The summed E-state index contributed by atoms with van der Waals surface area (Å²) in [7, 11) is 1.50. The lowest BCUT2D eigenvalue weighted by molar-refractivity contribution is 0.0697. The lowest BCUT2D eigenvalue weighted by Crippen LogP contribution is -2.01. The molecule has 2 aromatic carbocycles. The van der Waals surface area contributed by atoms with Gasteiger partial charge in [0.05, 0.1) is 12.7 Å². The van der Waals surface area contributed by atoms with E-state index in [-0.39, 0.29) is 5.56 Å². The van der Waals surface area contributed by atoms with Crippen molar-refractivity contribution in [1.82, 2.24) is 4.98 Å². The van der Waals surface area contributed by atoms with E-state index in [1.807, 2.05) is 30.3 Å². The van der Waals surface area contributed by atoms with E-state index in [0.717, 1.165) is 5.56 Å². The van der Waals surface area contributed by atoms with Crippen molar-refractivity contribution in [2.24, 2.45) is 0 Å². The van der Waals surface area contributed by atoms with Gasteiger partial charge in [-0.05, 0) is 35.4 Å². The second-order valence-electron chi connectivity index (χ2n) is 5.38. The molecule has 5 heteroatoms. The molecule has 1 heterocycles. The maximum atomic E-state index is 11.5. The summed E-state index contributed by atoms with van der Waals surface area (Å²) in [5.41, 5.74) is 2.50. The minimum Gasteiger partial charge on any atom is -0.497 e. The van der Waals surface area contributed by atoms with Gasteiger partial charge >= 0.3 is 5.97 Å². The number of aromatic nitrogens is 1. The van der Waals surface area contributed by atoms with E-state index in [2.05, 4.69) is 4.98 Å². The molecule has 0 aliphatic heterocycles. The number of carbonyl (C=O) groups is 1. The SMILES string of the molecule is COc1ccc(-c2ccc(OCc3ccccc3)nc2)c(C(=O)O)c1. The first kappa shape index (κ1) is 16.5. The number of aromatic carboxylic acids is 1. The van der Waals surface area contributed by atoms with E-state index in [9.17, 15) is 9.90 Å². The smallest absolute Gasteiger partial charge is 0.336 e. The fraction of sp³-hybridized carbons (Fsp3) is 0.100. The van der Waals surface area contributed by atoms with E-state index >= 15 is 0 Å². The zero-order valence-electron chi connectivity index (χ0n) is 13.7. The largest absolute Gasteiger partial charge is 0.497 e. The third kappa shape index (κ3) is 3.95. The Bertz CT molecular complexity index is 861. The number of rotatable bonds is 6. The standard InChI is InChI=1S/C20H17NO4/c1-24-16-8-9-17(18(11-16)20(22)23)15-7-10-19(21-12-15)25-13-14-5-3-2-4-6-14/h2-12H,13H2,1H3,(H,22,23). The molecule has 1 aromatic heterocycles. The zero-order chi connectivity index (χ0) is 17.6. The molecule has 0 bridgehead atoms. The zero-order valence-corrected chi connectivity index (χ0v) is 13.7. The second-order valence-corrected chi connectivity index (χ2v) is 5.38. The lowest BCUT2D eigenvalue weighted by Gasteiger charge is -2.10. The summed E-state index contributed by atoms with van der Waals surface area (Å²) in [6, 6.07) is 18.3. The molecule has 1 N–H and O–H groups in total. The number of carboxylic acids is 1. The summed E-state index contributed by atoms with van der Waals surface area (Å²) in [5, 5.41) is 9.41. The third-order valence-electron chi connectivity index (χ3n) is 3.73. The number of hydrogen-bond donors (Lipinski definition) is 1. The molecule has 0 atom stereocenters. The van der Waals surface area contributed by atoms with Crippen LogP contribution in [0.15, 0.2) is 66.9 Å². The van der Waals surface area contributed by atoms with Crippen LogP contribution in [0.5, 0.6) is 11.6 Å². The molecule has 0 unspecified atom stereocenters. The minimum absolute atomic E-state index is 0.166. The third-order valence-corrected chi connectivity index (χ3v) is 3.73. The van der Waals surface area contributed by atoms with Crippen LogP contribution in [0.3, 0.4) is 0 Å². The molecule has 0 aliphatic rings. The predicted molar refractivity (Wildman–Crippen MR) is 94.0 cm³/mol. The summed E-state index contributed by atoms with van der Waals surface area (Å²) in [4.78, 5) is 15.8. The Kier molecular flexibility index (Phi) is 4.95. The van der Waals surface area contributed by atoms with Gasteiger partial charge in [-0.25, -0.2) is 9.78 Å². The van der Waals surface area contributed by atoms with Crippen molar-refractivity contribution in [3.63, 3.8) is 0 Å².